The van der Waals surface area contributed by atoms with Crippen LogP contribution in [0.2, 0.25) is 5.02 Å². The first kappa shape index (κ1) is 30.9. The van der Waals surface area contributed by atoms with Crippen molar-refractivity contribution in [3.05, 3.63) is 64.7 Å². The van der Waals surface area contributed by atoms with Crippen molar-refractivity contribution in [2.24, 2.45) is 11.8 Å². The second-order valence-electron chi connectivity index (χ2n) is 10.5. The molecule has 1 fully saturated rings. The van der Waals surface area contributed by atoms with Crippen LogP contribution in [0.15, 0.2) is 48.5 Å². The SMILES string of the molecule is CCC(NC(=O)[C@H](CC(C)C)NC(=O)NCc1ccccc1)C(=O)C(=O)NCc1cccc(Cl)c1OCC1CC1. The van der Waals surface area contributed by atoms with Gasteiger partial charge in [-0.2, -0.15) is 0 Å². The van der Waals surface area contributed by atoms with Gasteiger partial charge in [-0.1, -0.05) is 74.8 Å². The fourth-order valence-corrected chi connectivity index (χ4v) is 4.33. The van der Waals surface area contributed by atoms with Crippen molar-refractivity contribution in [3.8, 4) is 5.75 Å². The molecule has 4 amide bonds. The number of nitrogens with one attached hydrogen (secondary N) is 4. The molecular weight excluding hydrogens is 532 g/mol. The number of ketones is 1. The van der Waals surface area contributed by atoms with Gasteiger partial charge in [0.2, 0.25) is 11.7 Å². The molecule has 0 radical (unpaired) electrons. The molecule has 1 unspecified atom stereocenters. The summed E-state index contributed by atoms with van der Waals surface area (Å²) in [6.45, 7) is 6.47. The molecule has 0 saturated heterocycles. The average molecular weight is 571 g/mol. The Kier molecular flexibility index (Phi) is 11.8. The Morgan fingerprint density at radius 1 is 0.925 bits per heavy atom. The zero-order chi connectivity index (χ0) is 29.1. The van der Waals surface area contributed by atoms with E-state index in [0.717, 1.165) is 18.4 Å². The van der Waals surface area contributed by atoms with E-state index < -0.39 is 35.7 Å². The molecule has 9 nitrogen and oxygen atoms in total. The number of benzene rings is 2. The Labute approximate surface area is 240 Å². The van der Waals surface area contributed by atoms with Gasteiger partial charge >= 0.3 is 6.03 Å². The molecule has 0 bridgehead atoms. The van der Waals surface area contributed by atoms with Crippen LogP contribution in [0.5, 0.6) is 5.75 Å². The number of amides is 4. The summed E-state index contributed by atoms with van der Waals surface area (Å²) < 4.78 is 5.87. The first-order valence-electron chi connectivity index (χ1n) is 13.8. The highest BCUT2D eigenvalue weighted by molar-refractivity contribution is 6.38. The molecule has 2 aromatic carbocycles. The maximum atomic E-state index is 13.1. The van der Waals surface area contributed by atoms with E-state index >= 15 is 0 Å². The molecule has 216 valence electrons. The third-order valence-electron chi connectivity index (χ3n) is 6.54. The topological polar surface area (TPSA) is 126 Å². The number of halogens is 1. The van der Waals surface area contributed by atoms with Crippen molar-refractivity contribution >= 4 is 35.2 Å². The van der Waals surface area contributed by atoms with E-state index in [2.05, 4.69) is 21.3 Å². The second-order valence-corrected chi connectivity index (χ2v) is 10.9. The Morgan fingerprint density at radius 3 is 2.30 bits per heavy atom. The largest absolute Gasteiger partial charge is 0.491 e. The molecule has 1 aliphatic rings. The maximum absolute atomic E-state index is 13.1. The lowest BCUT2D eigenvalue weighted by Gasteiger charge is -2.23. The minimum Gasteiger partial charge on any atom is -0.491 e. The molecule has 0 spiro atoms. The number of para-hydroxylation sites is 1. The highest BCUT2D eigenvalue weighted by atomic mass is 35.5. The minimum absolute atomic E-state index is 0.0502. The van der Waals surface area contributed by atoms with Crippen molar-refractivity contribution in [2.75, 3.05) is 6.61 Å². The molecule has 0 aromatic heterocycles. The number of urea groups is 1. The molecule has 1 aliphatic carbocycles. The van der Waals surface area contributed by atoms with Crippen LogP contribution in [0.3, 0.4) is 0 Å². The van der Waals surface area contributed by atoms with Crippen LogP contribution in [-0.4, -0.2) is 42.3 Å². The van der Waals surface area contributed by atoms with E-state index in [1.165, 1.54) is 0 Å². The lowest BCUT2D eigenvalue weighted by Crippen LogP contribution is -2.55. The van der Waals surface area contributed by atoms with E-state index in [1.54, 1.807) is 25.1 Å². The molecular formula is C30H39ClN4O5. The molecule has 2 aromatic rings. The zero-order valence-corrected chi connectivity index (χ0v) is 24.1. The zero-order valence-electron chi connectivity index (χ0n) is 23.3. The predicted molar refractivity (Wildman–Crippen MR) is 154 cm³/mol. The van der Waals surface area contributed by atoms with Gasteiger partial charge in [0.25, 0.3) is 5.91 Å². The summed E-state index contributed by atoms with van der Waals surface area (Å²) in [4.78, 5) is 51.3. The van der Waals surface area contributed by atoms with Gasteiger partial charge < -0.3 is 26.0 Å². The van der Waals surface area contributed by atoms with Gasteiger partial charge in [0.1, 0.15) is 11.8 Å². The quantitative estimate of drug-likeness (QED) is 0.240. The first-order chi connectivity index (χ1) is 19.2. The molecule has 0 heterocycles. The Bertz CT molecular complexity index is 1170. The van der Waals surface area contributed by atoms with E-state index in [9.17, 15) is 19.2 Å². The van der Waals surface area contributed by atoms with Crippen molar-refractivity contribution in [3.63, 3.8) is 0 Å². The van der Waals surface area contributed by atoms with Crippen molar-refractivity contribution in [1.82, 2.24) is 21.3 Å². The van der Waals surface area contributed by atoms with Crippen LogP contribution in [0, 0.1) is 11.8 Å². The molecule has 10 heteroatoms. The van der Waals surface area contributed by atoms with Crippen molar-refractivity contribution in [2.45, 2.75) is 71.6 Å². The van der Waals surface area contributed by atoms with Crippen LogP contribution in [-0.2, 0) is 27.5 Å². The summed E-state index contributed by atoms with van der Waals surface area (Å²) in [6.07, 6.45) is 2.82. The third kappa shape index (κ3) is 9.86. The molecule has 0 aliphatic heterocycles. The van der Waals surface area contributed by atoms with Crippen LogP contribution in [0.25, 0.3) is 0 Å². The Balaban J connectivity index is 1.55. The van der Waals surface area contributed by atoms with Crippen molar-refractivity contribution < 1.29 is 23.9 Å². The normalized spacial score (nSPS) is 14.1. The monoisotopic (exact) mass is 570 g/mol. The molecule has 4 N–H and O–H groups in total. The lowest BCUT2D eigenvalue weighted by atomic mass is 10.0. The number of rotatable bonds is 15. The number of carbonyl (C=O) groups excluding carboxylic acids is 4. The van der Waals surface area contributed by atoms with Crippen LogP contribution in [0.4, 0.5) is 4.79 Å². The highest BCUT2D eigenvalue weighted by Gasteiger charge is 2.30. The minimum atomic E-state index is -1.04. The van der Waals surface area contributed by atoms with Gasteiger partial charge in [-0.05, 0) is 49.1 Å². The van der Waals surface area contributed by atoms with E-state index in [1.807, 2.05) is 44.2 Å². The number of hydrogen-bond acceptors (Lipinski definition) is 5. The predicted octanol–water partition coefficient (Wildman–Crippen LogP) is 4.12. The fourth-order valence-electron chi connectivity index (χ4n) is 4.08. The molecule has 2 atom stereocenters. The van der Waals surface area contributed by atoms with E-state index in [-0.39, 0.29) is 18.9 Å². The van der Waals surface area contributed by atoms with Gasteiger partial charge in [-0.25, -0.2) is 4.79 Å². The summed E-state index contributed by atoms with van der Waals surface area (Å²) in [6, 6.07) is 12.2. The van der Waals surface area contributed by atoms with Crippen molar-refractivity contribution in [1.29, 1.82) is 0 Å². The lowest BCUT2D eigenvalue weighted by molar-refractivity contribution is -0.140. The van der Waals surface area contributed by atoms with E-state index in [4.69, 9.17) is 16.3 Å². The maximum Gasteiger partial charge on any atom is 0.315 e. The summed E-state index contributed by atoms with van der Waals surface area (Å²) in [5.74, 6) is -1.000. The standard InChI is InChI=1S/C30H39ClN4O5/c1-4-24(26(36)29(38)32-17-22-11-8-12-23(31)27(22)40-18-21-13-14-21)34-28(37)25(15-19(2)3)35-30(39)33-16-20-9-6-5-7-10-20/h5-12,19,21,24-25H,4,13-18H2,1-3H3,(H,32,38)(H,34,37)(H2,33,35,39)/t24?,25-/m0/s1. The summed E-state index contributed by atoms with van der Waals surface area (Å²) in [5.41, 5.74) is 1.58. The number of Topliss-reactive ketones (excluding diaryl/α,β-unsaturated/α-hetero) is 1. The van der Waals surface area contributed by atoms with Crippen LogP contribution in [0.1, 0.15) is 57.6 Å². The number of ether oxygens (including phenoxy) is 1. The summed E-state index contributed by atoms with van der Waals surface area (Å²) in [7, 11) is 0. The third-order valence-corrected chi connectivity index (χ3v) is 6.84. The first-order valence-corrected chi connectivity index (χ1v) is 14.2. The Morgan fingerprint density at radius 2 is 1.65 bits per heavy atom. The fraction of sp³-hybridized carbons (Fsp3) is 0.467. The molecule has 40 heavy (non-hydrogen) atoms. The highest BCUT2D eigenvalue weighted by Crippen LogP contribution is 2.33. The number of hydrogen-bond donors (Lipinski definition) is 4. The summed E-state index contributed by atoms with van der Waals surface area (Å²) >= 11 is 6.31. The average Bonchev–Trinajstić information content (AvgIpc) is 3.77. The van der Waals surface area contributed by atoms with Gasteiger partial charge in [-0.3, -0.25) is 14.4 Å². The smallest absolute Gasteiger partial charge is 0.315 e. The van der Waals surface area contributed by atoms with Crippen LogP contribution < -0.4 is 26.0 Å². The van der Waals surface area contributed by atoms with Gasteiger partial charge in [0, 0.05) is 18.7 Å². The van der Waals surface area contributed by atoms with E-state index in [0.29, 0.717) is 41.8 Å². The van der Waals surface area contributed by atoms with Gasteiger partial charge in [0.15, 0.2) is 0 Å². The summed E-state index contributed by atoms with van der Waals surface area (Å²) in [5, 5.41) is 11.2. The molecule has 3 rings (SSSR count). The Hall–Kier alpha value is -3.59. The van der Waals surface area contributed by atoms with Gasteiger partial charge in [0.05, 0.1) is 17.7 Å². The van der Waals surface area contributed by atoms with Crippen LogP contribution >= 0.6 is 11.6 Å². The molecule has 1 saturated carbocycles. The second kappa shape index (κ2) is 15.3. The van der Waals surface area contributed by atoms with Gasteiger partial charge in [-0.15, -0.1) is 0 Å². The number of carbonyl (C=O) groups is 4.